The Hall–Kier alpha value is -2.63. The van der Waals surface area contributed by atoms with Crippen molar-refractivity contribution in [1.82, 2.24) is 14.8 Å². The van der Waals surface area contributed by atoms with Gasteiger partial charge in [-0.3, -0.25) is 0 Å². The molecule has 2 heterocycles. The third-order valence-corrected chi connectivity index (χ3v) is 4.75. The molecule has 0 radical (unpaired) electrons. The predicted molar refractivity (Wildman–Crippen MR) is 93.5 cm³/mol. The van der Waals surface area contributed by atoms with Crippen molar-refractivity contribution in [2.24, 2.45) is 0 Å². The minimum atomic E-state index is -0.335. The van der Waals surface area contributed by atoms with Gasteiger partial charge in [-0.05, 0) is 49.7 Å². The Labute approximate surface area is 144 Å². The van der Waals surface area contributed by atoms with Crippen molar-refractivity contribution in [1.29, 1.82) is 0 Å². The highest BCUT2D eigenvalue weighted by atomic mass is 19.1. The molecular weight excluding hydrogens is 324 g/mol. The summed E-state index contributed by atoms with van der Waals surface area (Å²) in [5, 5.41) is 4.30. The molecule has 1 fully saturated rings. The number of carbonyl (C=O) groups excluding carboxylic acids is 1. The number of benzene rings is 2. The standard InChI is InChI=1S/C19H19F2N3O/c1-12-11-23(19(25)22-12)7-2-8-24-17-5-3-13(20)9-15(17)16-10-14(21)4-6-18(16)24/h3-6,9-10,12H,2,7-8,11H2,1H3,(H,22,25). The number of carbonyl (C=O) groups is 1. The van der Waals surface area contributed by atoms with Gasteiger partial charge in [0, 0.05) is 47.5 Å². The number of urea groups is 1. The first kappa shape index (κ1) is 15.9. The molecule has 0 spiro atoms. The number of fused-ring (bicyclic) bond motifs is 3. The molecule has 1 aliphatic rings. The molecule has 1 aliphatic heterocycles. The van der Waals surface area contributed by atoms with Gasteiger partial charge in [0.2, 0.25) is 0 Å². The largest absolute Gasteiger partial charge is 0.340 e. The number of hydrogen-bond acceptors (Lipinski definition) is 1. The van der Waals surface area contributed by atoms with Crippen LogP contribution in [-0.4, -0.2) is 34.6 Å². The van der Waals surface area contributed by atoms with Gasteiger partial charge in [-0.25, -0.2) is 13.6 Å². The van der Waals surface area contributed by atoms with Gasteiger partial charge in [-0.15, -0.1) is 0 Å². The second-order valence-corrected chi connectivity index (χ2v) is 6.62. The molecule has 2 amide bonds. The quantitative estimate of drug-likeness (QED) is 0.767. The van der Waals surface area contributed by atoms with Crippen LogP contribution in [0.2, 0.25) is 0 Å². The van der Waals surface area contributed by atoms with Crippen LogP contribution in [0.15, 0.2) is 36.4 Å². The zero-order valence-electron chi connectivity index (χ0n) is 13.9. The van der Waals surface area contributed by atoms with E-state index < -0.39 is 0 Å². The van der Waals surface area contributed by atoms with Gasteiger partial charge in [0.15, 0.2) is 0 Å². The van der Waals surface area contributed by atoms with E-state index in [2.05, 4.69) is 9.88 Å². The van der Waals surface area contributed by atoms with E-state index in [0.717, 1.165) is 17.5 Å². The highest BCUT2D eigenvalue weighted by Crippen LogP contribution is 2.30. The second kappa shape index (κ2) is 6.02. The minimum absolute atomic E-state index is 0.0288. The Morgan fingerprint density at radius 1 is 1.04 bits per heavy atom. The number of rotatable bonds is 4. The first-order chi connectivity index (χ1) is 12.0. The number of nitrogens with zero attached hydrogens (tertiary/aromatic N) is 2. The zero-order valence-corrected chi connectivity index (χ0v) is 13.9. The molecule has 1 unspecified atom stereocenters. The van der Waals surface area contributed by atoms with Crippen LogP contribution in [0.1, 0.15) is 13.3 Å². The first-order valence-corrected chi connectivity index (χ1v) is 8.45. The summed E-state index contributed by atoms with van der Waals surface area (Å²) >= 11 is 0. The highest BCUT2D eigenvalue weighted by molar-refractivity contribution is 6.08. The number of nitrogens with one attached hydrogen (secondary N) is 1. The topological polar surface area (TPSA) is 37.3 Å². The SMILES string of the molecule is CC1CN(CCCn2c3ccc(F)cc3c3cc(F)ccc32)C(=O)N1. The molecule has 4 rings (SSSR count). The summed E-state index contributed by atoms with van der Waals surface area (Å²) in [6, 6.07) is 9.34. The molecule has 25 heavy (non-hydrogen) atoms. The number of amides is 2. The zero-order chi connectivity index (χ0) is 17.6. The highest BCUT2D eigenvalue weighted by Gasteiger charge is 2.24. The lowest BCUT2D eigenvalue weighted by Gasteiger charge is -2.15. The molecule has 3 aromatic rings. The Kier molecular flexibility index (Phi) is 3.82. The molecule has 130 valence electrons. The number of halogens is 2. The maximum Gasteiger partial charge on any atom is 0.317 e. The first-order valence-electron chi connectivity index (χ1n) is 8.45. The lowest BCUT2D eigenvalue weighted by Crippen LogP contribution is -2.29. The fourth-order valence-electron chi connectivity index (χ4n) is 3.66. The van der Waals surface area contributed by atoms with Crippen LogP contribution in [0.5, 0.6) is 0 Å². The predicted octanol–water partition coefficient (Wildman–Crippen LogP) is 3.88. The Morgan fingerprint density at radius 3 is 2.16 bits per heavy atom. The van der Waals surface area contributed by atoms with Crippen molar-refractivity contribution in [2.75, 3.05) is 13.1 Å². The van der Waals surface area contributed by atoms with E-state index in [0.29, 0.717) is 30.4 Å². The van der Waals surface area contributed by atoms with Crippen LogP contribution in [0.25, 0.3) is 21.8 Å². The molecule has 1 atom stereocenters. The summed E-state index contributed by atoms with van der Waals surface area (Å²) in [5.74, 6) is -0.669. The summed E-state index contributed by atoms with van der Waals surface area (Å²) < 4.78 is 29.4. The molecule has 2 aromatic carbocycles. The van der Waals surface area contributed by atoms with Crippen molar-refractivity contribution in [3.05, 3.63) is 48.0 Å². The van der Waals surface area contributed by atoms with Crippen molar-refractivity contribution >= 4 is 27.8 Å². The van der Waals surface area contributed by atoms with Crippen LogP contribution >= 0.6 is 0 Å². The fourth-order valence-corrected chi connectivity index (χ4v) is 3.66. The molecular formula is C19H19F2N3O. The number of hydrogen-bond donors (Lipinski definition) is 1. The molecule has 6 heteroatoms. The minimum Gasteiger partial charge on any atom is -0.340 e. The van der Waals surface area contributed by atoms with Crippen LogP contribution in [0.3, 0.4) is 0 Å². The van der Waals surface area contributed by atoms with Crippen molar-refractivity contribution in [3.63, 3.8) is 0 Å². The Balaban J connectivity index is 1.65. The van der Waals surface area contributed by atoms with Gasteiger partial charge < -0.3 is 14.8 Å². The summed E-state index contributed by atoms with van der Waals surface area (Å²) in [7, 11) is 0. The van der Waals surface area contributed by atoms with Gasteiger partial charge >= 0.3 is 6.03 Å². The summed E-state index contributed by atoms with van der Waals surface area (Å²) in [5.41, 5.74) is 1.75. The van der Waals surface area contributed by atoms with Gasteiger partial charge in [-0.2, -0.15) is 0 Å². The average Bonchev–Trinajstić information content (AvgIpc) is 3.04. The Morgan fingerprint density at radius 2 is 1.64 bits per heavy atom. The van der Waals surface area contributed by atoms with E-state index in [1.54, 1.807) is 17.0 Å². The monoisotopic (exact) mass is 343 g/mol. The summed E-state index contributed by atoms with van der Waals surface area (Å²) in [4.78, 5) is 13.6. The average molecular weight is 343 g/mol. The fraction of sp³-hybridized carbons (Fsp3) is 0.316. The van der Waals surface area contributed by atoms with E-state index in [4.69, 9.17) is 0 Å². The smallest absolute Gasteiger partial charge is 0.317 e. The molecule has 1 aromatic heterocycles. The van der Waals surface area contributed by atoms with Crippen LogP contribution < -0.4 is 5.32 Å². The number of aryl methyl sites for hydroxylation is 1. The summed E-state index contributed by atoms with van der Waals surface area (Å²) in [6.07, 6.45) is 0.772. The van der Waals surface area contributed by atoms with E-state index >= 15 is 0 Å². The molecule has 1 saturated heterocycles. The number of aromatic nitrogens is 1. The van der Waals surface area contributed by atoms with Gasteiger partial charge in [0.05, 0.1) is 0 Å². The lowest BCUT2D eigenvalue weighted by molar-refractivity contribution is 0.216. The van der Waals surface area contributed by atoms with Gasteiger partial charge in [0.1, 0.15) is 11.6 Å². The molecule has 0 saturated carbocycles. The molecule has 0 aliphatic carbocycles. The molecule has 1 N–H and O–H groups in total. The lowest BCUT2D eigenvalue weighted by atomic mass is 10.1. The third-order valence-electron chi connectivity index (χ3n) is 4.75. The van der Waals surface area contributed by atoms with Crippen molar-refractivity contribution in [2.45, 2.75) is 25.9 Å². The maximum absolute atomic E-state index is 13.7. The second-order valence-electron chi connectivity index (χ2n) is 6.62. The van der Waals surface area contributed by atoms with E-state index in [-0.39, 0.29) is 23.7 Å². The van der Waals surface area contributed by atoms with Crippen LogP contribution in [-0.2, 0) is 6.54 Å². The molecule has 0 bridgehead atoms. The van der Waals surface area contributed by atoms with Crippen molar-refractivity contribution in [3.8, 4) is 0 Å². The van der Waals surface area contributed by atoms with E-state index in [1.165, 1.54) is 24.3 Å². The summed E-state index contributed by atoms with van der Waals surface area (Å²) in [6.45, 7) is 4.02. The Bertz CT molecular complexity index is 907. The third kappa shape index (κ3) is 2.81. The van der Waals surface area contributed by atoms with Crippen LogP contribution in [0.4, 0.5) is 13.6 Å². The van der Waals surface area contributed by atoms with E-state index in [1.807, 2.05) is 6.92 Å². The maximum atomic E-state index is 13.7. The molecule has 4 nitrogen and oxygen atoms in total. The van der Waals surface area contributed by atoms with E-state index in [9.17, 15) is 13.6 Å². The van der Waals surface area contributed by atoms with Gasteiger partial charge in [-0.1, -0.05) is 0 Å². The van der Waals surface area contributed by atoms with Crippen molar-refractivity contribution < 1.29 is 13.6 Å². The van der Waals surface area contributed by atoms with Crippen LogP contribution in [0, 0.1) is 11.6 Å². The normalized spacial score (nSPS) is 17.6. The van der Waals surface area contributed by atoms with Gasteiger partial charge in [0.25, 0.3) is 0 Å².